The van der Waals surface area contributed by atoms with Crippen molar-refractivity contribution in [2.75, 3.05) is 20.8 Å². The number of hydrogen-bond donors (Lipinski definition) is 0. The van der Waals surface area contributed by atoms with E-state index in [1.54, 1.807) is 14.2 Å². The maximum Gasteiger partial charge on any atom is 0.307 e. The maximum absolute atomic E-state index is 13.0. The van der Waals surface area contributed by atoms with E-state index in [1.165, 1.54) is 11.1 Å². The number of benzene rings is 4. The van der Waals surface area contributed by atoms with Gasteiger partial charge in [0.2, 0.25) is 0 Å². The molecule has 0 saturated heterocycles. The van der Waals surface area contributed by atoms with Gasteiger partial charge >= 0.3 is 5.97 Å². The SMILES string of the molecule is CCOC(=O)C[C@@H](c1cccc(-c2ccc(OC)c(OC)c2)c1)N(Cc1ccccc1)[C@H](C)c1ccccc1. The Morgan fingerprint density at radius 2 is 1.38 bits per heavy atom. The molecule has 39 heavy (non-hydrogen) atoms. The van der Waals surface area contributed by atoms with Gasteiger partial charge in [-0.05, 0) is 59.9 Å². The lowest BCUT2D eigenvalue weighted by Gasteiger charge is -2.37. The molecule has 4 rings (SSSR count). The second kappa shape index (κ2) is 13.6. The zero-order chi connectivity index (χ0) is 27.6. The Morgan fingerprint density at radius 3 is 2.05 bits per heavy atom. The highest BCUT2D eigenvalue weighted by molar-refractivity contribution is 5.71. The van der Waals surface area contributed by atoms with Crippen LogP contribution in [0, 0.1) is 0 Å². The van der Waals surface area contributed by atoms with Crippen LogP contribution in [-0.2, 0) is 16.1 Å². The van der Waals surface area contributed by atoms with Crippen LogP contribution in [0.3, 0.4) is 0 Å². The van der Waals surface area contributed by atoms with Crippen molar-refractivity contribution in [3.8, 4) is 22.6 Å². The highest BCUT2D eigenvalue weighted by Crippen LogP contribution is 2.38. The Labute approximate surface area is 232 Å². The van der Waals surface area contributed by atoms with Gasteiger partial charge in [0.25, 0.3) is 0 Å². The van der Waals surface area contributed by atoms with Crippen LogP contribution in [0.4, 0.5) is 0 Å². The summed E-state index contributed by atoms with van der Waals surface area (Å²) in [6.45, 7) is 5.08. The van der Waals surface area contributed by atoms with Gasteiger partial charge in [-0.3, -0.25) is 9.69 Å². The topological polar surface area (TPSA) is 48.0 Å². The van der Waals surface area contributed by atoms with Gasteiger partial charge in [0.15, 0.2) is 11.5 Å². The Balaban J connectivity index is 1.79. The average molecular weight is 524 g/mol. The summed E-state index contributed by atoms with van der Waals surface area (Å²) in [5.74, 6) is 1.15. The summed E-state index contributed by atoms with van der Waals surface area (Å²) >= 11 is 0. The fourth-order valence-corrected chi connectivity index (χ4v) is 4.98. The third-order valence-corrected chi connectivity index (χ3v) is 7.04. The largest absolute Gasteiger partial charge is 0.493 e. The molecule has 0 bridgehead atoms. The highest BCUT2D eigenvalue weighted by atomic mass is 16.5. The molecule has 5 nitrogen and oxygen atoms in total. The molecule has 0 amide bonds. The summed E-state index contributed by atoms with van der Waals surface area (Å²) in [6, 6.07) is 35.0. The molecule has 0 spiro atoms. The molecule has 0 saturated carbocycles. The number of hydrogen-bond acceptors (Lipinski definition) is 5. The summed E-state index contributed by atoms with van der Waals surface area (Å²) in [5.41, 5.74) is 5.47. The van der Waals surface area contributed by atoms with Crippen molar-refractivity contribution in [1.82, 2.24) is 4.90 Å². The lowest BCUT2D eigenvalue weighted by molar-refractivity contribution is -0.145. The number of methoxy groups -OCH3 is 2. The van der Waals surface area contributed by atoms with Crippen molar-refractivity contribution in [1.29, 1.82) is 0 Å². The zero-order valence-electron chi connectivity index (χ0n) is 23.2. The van der Waals surface area contributed by atoms with E-state index in [0.29, 0.717) is 24.7 Å². The van der Waals surface area contributed by atoms with Crippen LogP contribution in [0.1, 0.15) is 49.0 Å². The number of nitrogens with zero attached hydrogens (tertiary/aromatic N) is 1. The van der Waals surface area contributed by atoms with Gasteiger partial charge in [-0.15, -0.1) is 0 Å². The van der Waals surface area contributed by atoms with Gasteiger partial charge in [-0.25, -0.2) is 0 Å². The standard InChI is InChI=1S/C34H37NO4/c1-5-39-34(36)23-31(30-18-12-17-28(21-30)29-19-20-32(37-3)33(22-29)38-4)35(24-26-13-8-6-9-14-26)25(2)27-15-10-7-11-16-27/h6-22,25,31H,5,23-24H2,1-4H3/t25-,31+/m1/s1. The van der Waals surface area contributed by atoms with E-state index >= 15 is 0 Å². The molecule has 0 heterocycles. The summed E-state index contributed by atoms with van der Waals surface area (Å²) < 4.78 is 16.4. The maximum atomic E-state index is 13.0. The van der Waals surface area contributed by atoms with Crippen molar-refractivity contribution in [3.05, 3.63) is 120 Å². The molecule has 0 aliphatic heterocycles. The number of carbonyl (C=O) groups excluding carboxylic acids is 1. The Bertz CT molecular complexity index is 1340. The molecule has 0 aromatic heterocycles. The Kier molecular flexibility index (Phi) is 9.76. The normalized spacial score (nSPS) is 12.5. The first kappa shape index (κ1) is 27.9. The van der Waals surface area contributed by atoms with E-state index in [4.69, 9.17) is 14.2 Å². The van der Waals surface area contributed by atoms with Crippen LogP contribution in [0.5, 0.6) is 11.5 Å². The van der Waals surface area contributed by atoms with Crippen molar-refractivity contribution in [2.45, 2.75) is 38.9 Å². The first-order valence-electron chi connectivity index (χ1n) is 13.4. The molecule has 4 aromatic carbocycles. The van der Waals surface area contributed by atoms with Gasteiger partial charge in [0, 0.05) is 18.6 Å². The molecule has 0 aliphatic carbocycles. The van der Waals surface area contributed by atoms with Gasteiger partial charge < -0.3 is 14.2 Å². The lowest BCUT2D eigenvalue weighted by atomic mass is 9.94. The van der Waals surface area contributed by atoms with E-state index in [1.807, 2.05) is 43.3 Å². The summed E-state index contributed by atoms with van der Waals surface area (Å²) in [4.78, 5) is 15.4. The van der Waals surface area contributed by atoms with Crippen molar-refractivity contribution < 1.29 is 19.0 Å². The van der Waals surface area contributed by atoms with Crippen molar-refractivity contribution >= 4 is 5.97 Å². The van der Waals surface area contributed by atoms with Crippen LogP contribution in [0.25, 0.3) is 11.1 Å². The molecular formula is C34H37NO4. The van der Waals surface area contributed by atoms with Crippen LogP contribution in [0.15, 0.2) is 103 Å². The van der Waals surface area contributed by atoms with Crippen LogP contribution >= 0.6 is 0 Å². The summed E-state index contributed by atoms with van der Waals surface area (Å²) in [7, 11) is 3.27. The summed E-state index contributed by atoms with van der Waals surface area (Å²) in [5, 5.41) is 0. The third-order valence-electron chi connectivity index (χ3n) is 7.04. The Morgan fingerprint density at radius 1 is 0.744 bits per heavy atom. The molecular weight excluding hydrogens is 486 g/mol. The van der Waals surface area contributed by atoms with Crippen molar-refractivity contribution in [3.63, 3.8) is 0 Å². The van der Waals surface area contributed by atoms with E-state index in [9.17, 15) is 4.79 Å². The molecule has 0 aliphatic rings. The zero-order valence-corrected chi connectivity index (χ0v) is 23.2. The second-order valence-electron chi connectivity index (χ2n) is 9.46. The lowest BCUT2D eigenvalue weighted by Crippen LogP contribution is -2.33. The molecule has 0 fully saturated rings. The highest BCUT2D eigenvalue weighted by Gasteiger charge is 2.29. The fourth-order valence-electron chi connectivity index (χ4n) is 4.98. The summed E-state index contributed by atoms with van der Waals surface area (Å²) in [6.07, 6.45) is 0.243. The fraction of sp³-hybridized carbons (Fsp3) is 0.265. The Hall–Kier alpha value is -4.09. The molecule has 0 N–H and O–H groups in total. The average Bonchev–Trinajstić information content (AvgIpc) is 2.99. The van der Waals surface area contributed by atoms with Gasteiger partial charge in [-0.2, -0.15) is 0 Å². The first-order chi connectivity index (χ1) is 19.0. The van der Waals surface area contributed by atoms with Crippen molar-refractivity contribution in [2.24, 2.45) is 0 Å². The minimum Gasteiger partial charge on any atom is -0.493 e. The molecule has 2 atom stereocenters. The van der Waals surface area contributed by atoms with E-state index in [-0.39, 0.29) is 24.5 Å². The minimum absolute atomic E-state index is 0.0515. The predicted octanol–water partition coefficient (Wildman–Crippen LogP) is 7.63. The van der Waals surface area contributed by atoms with Crippen LogP contribution in [-0.4, -0.2) is 31.7 Å². The molecule has 5 heteroatoms. The quantitative estimate of drug-likeness (QED) is 0.179. The third kappa shape index (κ3) is 7.06. The monoisotopic (exact) mass is 523 g/mol. The van der Waals surface area contributed by atoms with Crippen LogP contribution < -0.4 is 9.47 Å². The number of ether oxygens (including phenoxy) is 3. The van der Waals surface area contributed by atoms with E-state index < -0.39 is 0 Å². The number of rotatable bonds is 12. The van der Waals surface area contributed by atoms with E-state index in [0.717, 1.165) is 16.7 Å². The second-order valence-corrected chi connectivity index (χ2v) is 9.46. The molecule has 0 unspecified atom stereocenters. The molecule has 0 radical (unpaired) electrons. The predicted molar refractivity (Wildman–Crippen MR) is 156 cm³/mol. The van der Waals surface area contributed by atoms with Gasteiger partial charge in [-0.1, -0.05) is 84.9 Å². The van der Waals surface area contributed by atoms with Gasteiger partial charge in [0.1, 0.15) is 0 Å². The van der Waals surface area contributed by atoms with Gasteiger partial charge in [0.05, 0.1) is 27.2 Å². The van der Waals surface area contributed by atoms with Crippen LogP contribution in [0.2, 0.25) is 0 Å². The number of esters is 1. The molecule has 4 aromatic rings. The first-order valence-corrected chi connectivity index (χ1v) is 13.4. The minimum atomic E-state index is -0.211. The smallest absolute Gasteiger partial charge is 0.307 e. The van der Waals surface area contributed by atoms with E-state index in [2.05, 4.69) is 78.6 Å². The molecule has 202 valence electrons. The number of carbonyl (C=O) groups is 1.